The smallest absolute Gasteiger partial charge is 0.194 e. The number of guanidine groups is 1. The van der Waals surface area contributed by atoms with Crippen molar-refractivity contribution in [3.63, 3.8) is 0 Å². The summed E-state index contributed by atoms with van der Waals surface area (Å²) in [5.41, 5.74) is 0.907. The normalized spacial score (nSPS) is 20.9. The second kappa shape index (κ2) is 10.9. The van der Waals surface area contributed by atoms with Gasteiger partial charge in [0, 0.05) is 13.1 Å². The van der Waals surface area contributed by atoms with Crippen molar-refractivity contribution in [2.75, 3.05) is 31.9 Å². The standard InChI is InChI=1S/C20H32FN3O3S.HI/c1-6-22-19(23-11-12-28(25,26)20(3,4)5)24-13-15(2)27-18(14-24)16-7-9-17(21)10-8-16;/h7-10,15,18H,6,11-14H2,1-5H3,(H,22,23);1H. The molecule has 1 saturated heterocycles. The molecular weight excluding hydrogens is 508 g/mol. The van der Waals surface area contributed by atoms with Crippen LogP contribution in [-0.4, -0.2) is 62.1 Å². The molecule has 0 saturated carbocycles. The van der Waals surface area contributed by atoms with Crippen LogP contribution < -0.4 is 5.32 Å². The lowest BCUT2D eigenvalue weighted by molar-refractivity contribution is -0.0605. The fraction of sp³-hybridized carbons (Fsp3) is 0.650. The molecule has 1 aliphatic rings. The molecule has 29 heavy (non-hydrogen) atoms. The number of benzene rings is 1. The summed E-state index contributed by atoms with van der Waals surface area (Å²) in [6.45, 7) is 11.2. The summed E-state index contributed by atoms with van der Waals surface area (Å²) in [4.78, 5) is 6.63. The van der Waals surface area contributed by atoms with Crippen molar-refractivity contribution < 1.29 is 17.5 Å². The van der Waals surface area contributed by atoms with Gasteiger partial charge in [-0.05, 0) is 52.3 Å². The number of ether oxygens (including phenoxy) is 1. The van der Waals surface area contributed by atoms with Gasteiger partial charge in [0.15, 0.2) is 15.8 Å². The summed E-state index contributed by atoms with van der Waals surface area (Å²) in [5, 5.41) is 3.24. The summed E-state index contributed by atoms with van der Waals surface area (Å²) in [6, 6.07) is 6.32. The van der Waals surface area contributed by atoms with Gasteiger partial charge in [0.05, 0.1) is 29.7 Å². The van der Waals surface area contributed by atoms with Gasteiger partial charge in [-0.25, -0.2) is 12.8 Å². The minimum atomic E-state index is -3.22. The van der Waals surface area contributed by atoms with E-state index in [1.807, 2.05) is 13.8 Å². The minimum Gasteiger partial charge on any atom is -0.367 e. The van der Waals surface area contributed by atoms with E-state index in [2.05, 4.69) is 15.2 Å². The van der Waals surface area contributed by atoms with E-state index in [-0.39, 0.29) is 54.3 Å². The Balaban J connectivity index is 0.00000420. The first-order valence-corrected chi connectivity index (χ1v) is 11.3. The zero-order valence-corrected chi connectivity index (χ0v) is 21.0. The largest absolute Gasteiger partial charge is 0.367 e. The Morgan fingerprint density at radius 2 is 1.90 bits per heavy atom. The van der Waals surface area contributed by atoms with Gasteiger partial charge < -0.3 is 15.0 Å². The van der Waals surface area contributed by atoms with Gasteiger partial charge in [-0.2, -0.15) is 0 Å². The monoisotopic (exact) mass is 541 g/mol. The van der Waals surface area contributed by atoms with E-state index in [1.54, 1.807) is 32.9 Å². The van der Waals surface area contributed by atoms with Crippen LogP contribution in [0.25, 0.3) is 0 Å². The van der Waals surface area contributed by atoms with Crippen LogP contribution in [0.1, 0.15) is 46.3 Å². The molecule has 1 fully saturated rings. The molecular formula is C20H33FIN3O3S. The van der Waals surface area contributed by atoms with Crippen LogP contribution in [0.4, 0.5) is 4.39 Å². The van der Waals surface area contributed by atoms with Crippen molar-refractivity contribution in [1.82, 2.24) is 10.2 Å². The molecule has 2 rings (SSSR count). The van der Waals surface area contributed by atoms with Crippen molar-refractivity contribution in [3.05, 3.63) is 35.6 Å². The minimum absolute atomic E-state index is 0. The van der Waals surface area contributed by atoms with Crippen molar-refractivity contribution in [3.8, 4) is 0 Å². The average Bonchev–Trinajstić information content (AvgIpc) is 2.60. The number of morpholine rings is 1. The molecule has 166 valence electrons. The lowest BCUT2D eigenvalue weighted by atomic mass is 10.1. The van der Waals surface area contributed by atoms with Crippen molar-refractivity contribution >= 4 is 39.8 Å². The predicted octanol–water partition coefficient (Wildman–Crippen LogP) is 3.38. The lowest BCUT2D eigenvalue weighted by Crippen LogP contribution is -2.51. The summed E-state index contributed by atoms with van der Waals surface area (Å²) >= 11 is 0. The van der Waals surface area contributed by atoms with Crippen LogP contribution in [0.5, 0.6) is 0 Å². The van der Waals surface area contributed by atoms with Crippen LogP contribution in [0.2, 0.25) is 0 Å². The molecule has 1 aliphatic heterocycles. The molecule has 0 aliphatic carbocycles. The number of rotatable bonds is 5. The predicted molar refractivity (Wildman–Crippen MR) is 126 cm³/mol. The topological polar surface area (TPSA) is 71.0 Å². The lowest BCUT2D eigenvalue weighted by Gasteiger charge is -2.38. The van der Waals surface area contributed by atoms with Gasteiger partial charge in [0.2, 0.25) is 0 Å². The Bertz CT molecular complexity index is 779. The molecule has 2 unspecified atom stereocenters. The van der Waals surface area contributed by atoms with E-state index >= 15 is 0 Å². The Morgan fingerprint density at radius 3 is 2.45 bits per heavy atom. The first-order chi connectivity index (χ1) is 13.0. The molecule has 0 radical (unpaired) electrons. The Labute approximate surface area is 191 Å². The molecule has 0 spiro atoms. The molecule has 0 amide bonds. The molecule has 9 heteroatoms. The third-order valence-electron chi connectivity index (χ3n) is 4.69. The summed E-state index contributed by atoms with van der Waals surface area (Å²) < 4.78 is 43.1. The first kappa shape index (κ1) is 26.1. The van der Waals surface area contributed by atoms with E-state index in [0.717, 1.165) is 5.56 Å². The fourth-order valence-corrected chi connectivity index (χ4v) is 3.93. The molecule has 6 nitrogen and oxygen atoms in total. The first-order valence-electron chi connectivity index (χ1n) is 9.70. The van der Waals surface area contributed by atoms with Gasteiger partial charge in [0.1, 0.15) is 11.9 Å². The van der Waals surface area contributed by atoms with Gasteiger partial charge in [-0.15, -0.1) is 24.0 Å². The van der Waals surface area contributed by atoms with Gasteiger partial charge >= 0.3 is 0 Å². The molecule has 1 aromatic rings. The van der Waals surface area contributed by atoms with Crippen LogP contribution >= 0.6 is 24.0 Å². The van der Waals surface area contributed by atoms with Gasteiger partial charge in [-0.1, -0.05) is 12.1 Å². The van der Waals surface area contributed by atoms with Crippen LogP contribution in [0, 0.1) is 5.82 Å². The summed E-state index contributed by atoms with van der Waals surface area (Å²) in [5.74, 6) is 0.403. The molecule has 1 aromatic carbocycles. The average molecular weight is 541 g/mol. The van der Waals surface area contributed by atoms with Gasteiger partial charge in [-0.3, -0.25) is 4.99 Å². The highest BCUT2D eigenvalue weighted by Gasteiger charge is 2.30. The number of hydrogen-bond donors (Lipinski definition) is 1. The Morgan fingerprint density at radius 1 is 1.28 bits per heavy atom. The number of halogens is 2. The summed E-state index contributed by atoms with van der Waals surface area (Å²) in [6.07, 6.45) is -0.238. The number of hydrogen-bond acceptors (Lipinski definition) is 4. The van der Waals surface area contributed by atoms with E-state index in [9.17, 15) is 12.8 Å². The van der Waals surface area contributed by atoms with Crippen molar-refractivity contribution in [1.29, 1.82) is 0 Å². The van der Waals surface area contributed by atoms with Crippen molar-refractivity contribution in [2.45, 2.75) is 51.6 Å². The van der Waals surface area contributed by atoms with E-state index < -0.39 is 14.6 Å². The number of sulfone groups is 1. The van der Waals surface area contributed by atoms with E-state index in [0.29, 0.717) is 25.6 Å². The van der Waals surface area contributed by atoms with Crippen LogP contribution in [0.15, 0.2) is 29.3 Å². The van der Waals surface area contributed by atoms with Crippen molar-refractivity contribution in [2.24, 2.45) is 4.99 Å². The molecule has 0 bridgehead atoms. The fourth-order valence-electron chi connectivity index (χ4n) is 2.99. The van der Waals surface area contributed by atoms with E-state index in [4.69, 9.17) is 4.74 Å². The third-order valence-corrected chi connectivity index (χ3v) is 7.28. The number of nitrogens with one attached hydrogen (secondary N) is 1. The summed E-state index contributed by atoms with van der Waals surface area (Å²) in [7, 11) is -3.22. The highest BCUT2D eigenvalue weighted by molar-refractivity contribution is 14.0. The number of aliphatic imine (C=N–C) groups is 1. The zero-order valence-electron chi connectivity index (χ0n) is 17.8. The second-order valence-corrected chi connectivity index (χ2v) is 10.9. The maximum Gasteiger partial charge on any atom is 0.194 e. The maximum atomic E-state index is 13.2. The molecule has 2 atom stereocenters. The molecule has 1 heterocycles. The molecule has 1 N–H and O–H groups in total. The third kappa shape index (κ3) is 7.36. The van der Waals surface area contributed by atoms with E-state index in [1.165, 1.54) is 12.1 Å². The zero-order chi connectivity index (χ0) is 20.9. The highest BCUT2D eigenvalue weighted by Crippen LogP contribution is 2.25. The maximum absolute atomic E-state index is 13.2. The van der Waals surface area contributed by atoms with Crippen LogP contribution in [0.3, 0.4) is 0 Å². The second-order valence-electron chi connectivity index (χ2n) is 8.06. The molecule has 0 aromatic heterocycles. The number of nitrogens with zero attached hydrogens (tertiary/aromatic N) is 2. The Kier molecular flexibility index (Phi) is 9.81. The highest BCUT2D eigenvalue weighted by atomic mass is 127. The quantitative estimate of drug-likeness (QED) is 0.352. The Hall–Kier alpha value is -0.940. The van der Waals surface area contributed by atoms with Gasteiger partial charge in [0.25, 0.3) is 0 Å². The SMILES string of the molecule is CCNC(=NCCS(=O)(=O)C(C)(C)C)N1CC(C)OC(c2ccc(F)cc2)C1.I. The van der Waals surface area contributed by atoms with Crippen LogP contribution in [-0.2, 0) is 14.6 Å².